The Bertz CT molecular complexity index is 169. The van der Waals surface area contributed by atoms with E-state index < -0.39 is 8.07 Å². The zero-order chi connectivity index (χ0) is 9.19. The van der Waals surface area contributed by atoms with Gasteiger partial charge in [0.15, 0.2) is 0 Å². The minimum atomic E-state index is -1.09. The molecular weight excluding hydrogens is 162 g/mol. The Morgan fingerprint density at radius 1 is 1.33 bits per heavy atom. The van der Waals surface area contributed by atoms with Gasteiger partial charge in [0.2, 0.25) is 0 Å². The minimum Gasteiger partial charge on any atom is -0.303 e. The lowest BCUT2D eigenvalue weighted by Gasteiger charge is -2.30. The van der Waals surface area contributed by atoms with E-state index in [9.17, 15) is 0 Å². The fraction of sp³-hybridized carbons (Fsp3) is 0.800. The molecule has 0 amide bonds. The first kappa shape index (κ1) is 10.0. The molecule has 0 bridgehead atoms. The van der Waals surface area contributed by atoms with E-state index in [4.69, 9.17) is 0 Å². The third kappa shape index (κ3) is 1.99. The molecule has 1 rings (SSSR count). The molecule has 0 saturated carbocycles. The lowest BCUT2D eigenvalue weighted by Crippen LogP contribution is -2.42. The average Bonchev–Trinajstić information content (AvgIpc) is 2.83. The van der Waals surface area contributed by atoms with Crippen molar-refractivity contribution in [2.75, 3.05) is 19.3 Å². The lowest BCUT2D eigenvalue weighted by atomic mass is 10.7. The highest BCUT2D eigenvalue weighted by molar-refractivity contribution is 6.86. The van der Waals surface area contributed by atoms with Gasteiger partial charge >= 0.3 is 0 Å². The molecule has 1 saturated heterocycles. The molecule has 0 unspecified atom stereocenters. The molecule has 1 heterocycles. The van der Waals surface area contributed by atoms with E-state index in [1.54, 1.807) is 0 Å². The van der Waals surface area contributed by atoms with Gasteiger partial charge in [-0.1, -0.05) is 31.1 Å². The largest absolute Gasteiger partial charge is 0.303 e. The minimum absolute atomic E-state index is 1.09. The zero-order valence-electron chi connectivity index (χ0n) is 8.69. The fourth-order valence-electron chi connectivity index (χ4n) is 1.87. The third-order valence-electron chi connectivity index (χ3n) is 3.32. The maximum absolute atomic E-state index is 4.19. The van der Waals surface area contributed by atoms with Crippen LogP contribution in [0.2, 0.25) is 12.1 Å². The van der Waals surface area contributed by atoms with Crippen molar-refractivity contribution in [2.45, 2.75) is 32.9 Å². The van der Waals surface area contributed by atoms with E-state index in [2.05, 4.69) is 32.3 Å². The van der Waals surface area contributed by atoms with Gasteiger partial charge in [-0.3, -0.25) is 0 Å². The molecule has 0 N–H and O–H groups in total. The zero-order valence-corrected chi connectivity index (χ0v) is 9.69. The Morgan fingerprint density at radius 3 is 2.08 bits per heavy atom. The van der Waals surface area contributed by atoms with Crippen LogP contribution in [0.5, 0.6) is 0 Å². The summed E-state index contributed by atoms with van der Waals surface area (Å²) in [6, 6.07) is 2.74. The topological polar surface area (TPSA) is 3.01 Å². The summed E-state index contributed by atoms with van der Waals surface area (Å²) in [4.78, 5) is 2.56. The van der Waals surface area contributed by atoms with Gasteiger partial charge in [0.05, 0.1) is 8.07 Å². The molecular formula is C10H21NSi. The van der Waals surface area contributed by atoms with Crippen molar-refractivity contribution in [1.82, 2.24) is 4.90 Å². The van der Waals surface area contributed by atoms with Gasteiger partial charge in [-0.05, 0) is 13.1 Å². The molecule has 1 nitrogen and oxygen atoms in total. The molecule has 1 aliphatic heterocycles. The smallest absolute Gasteiger partial charge is 0.0941 e. The number of nitrogens with zero attached hydrogens (tertiary/aromatic N) is 1. The summed E-state index contributed by atoms with van der Waals surface area (Å²) >= 11 is 0. The van der Waals surface area contributed by atoms with E-state index in [0.29, 0.717) is 0 Å². The second kappa shape index (κ2) is 3.75. The van der Waals surface area contributed by atoms with Crippen molar-refractivity contribution in [3.8, 4) is 0 Å². The summed E-state index contributed by atoms with van der Waals surface area (Å²) in [5.74, 6) is 0. The van der Waals surface area contributed by atoms with Gasteiger partial charge in [-0.15, -0.1) is 6.58 Å². The van der Waals surface area contributed by atoms with Gasteiger partial charge in [-0.2, -0.15) is 0 Å². The third-order valence-corrected chi connectivity index (χ3v) is 8.90. The molecule has 1 fully saturated rings. The first-order chi connectivity index (χ1) is 5.64. The van der Waals surface area contributed by atoms with E-state index in [-0.39, 0.29) is 0 Å². The molecule has 0 aliphatic carbocycles. The van der Waals surface area contributed by atoms with Gasteiger partial charge in [0.1, 0.15) is 0 Å². The van der Waals surface area contributed by atoms with Crippen LogP contribution in [-0.2, 0) is 0 Å². The molecule has 0 aromatic carbocycles. The average molecular weight is 183 g/mol. The second-order valence-corrected chi connectivity index (χ2v) is 9.19. The second-order valence-electron chi connectivity index (χ2n) is 4.04. The SMILES string of the molecule is C=C(C)[Si](CC)(CC)CN1CC1. The summed E-state index contributed by atoms with van der Waals surface area (Å²) in [7, 11) is -1.09. The first-order valence-corrected chi connectivity index (χ1v) is 7.65. The van der Waals surface area contributed by atoms with Crippen molar-refractivity contribution >= 4 is 8.07 Å². The summed E-state index contributed by atoms with van der Waals surface area (Å²) in [6.45, 7) is 13.8. The fourth-order valence-corrected chi connectivity index (χ4v) is 5.47. The Balaban J connectivity index is 2.60. The van der Waals surface area contributed by atoms with Crippen LogP contribution in [0.15, 0.2) is 11.8 Å². The molecule has 12 heavy (non-hydrogen) atoms. The summed E-state index contributed by atoms with van der Waals surface area (Å²) < 4.78 is 0. The van der Waals surface area contributed by atoms with E-state index in [1.165, 1.54) is 36.5 Å². The van der Waals surface area contributed by atoms with Crippen molar-refractivity contribution in [3.63, 3.8) is 0 Å². The van der Waals surface area contributed by atoms with Crippen LogP contribution in [0.25, 0.3) is 0 Å². The van der Waals surface area contributed by atoms with Crippen LogP contribution < -0.4 is 0 Å². The molecule has 70 valence electrons. The van der Waals surface area contributed by atoms with Crippen LogP contribution in [0.4, 0.5) is 0 Å². The molecule has 0 spiro atoms. The number of rotatable bonds is 5. The number of hydrogen-bond acceptors (Lipinski definition) is 1. The quantitative estimate of drug-likeness (QED) is 0.467. The maximum Gasteiger partial charge on any atom is 0.0941 e. The molecule has 0 atom stereocenters. The van der Waals surface area contributed by atoms with Gasteiger partial charge in [-0.25, -0.2) is 0 Å². The molecule has 0 radical (unpaired) electrons. The van der Waals surface area contributed by atoms with Crippen LogP contribution in [0, 0.1) is 0 Å². The first-order valence-electron chi connectivity index (χ1n) is 5.03. The van der Waals surface area contributed by atoms with Crippen molar-refractivity contribution in [3.05, 3.63) is 11.8 Å². The van der Waals surface area contributed by atoms with Crippen LogP contribution in [-0.4, -0.2) is 32.2 Å². The molecule has 2 heteroatoms. The molecule has 1 aliphatic rings. The molecule has 0 aromatic rings. The van der Waals surface area contributed by atoms with Crippen molar-refractivity contribution < 1.29 is 0 Å². The normalized spacial score (nSPS) is 17.9. The Labute approximate surface area is 77.5 Å². The number of hydrogen-bond donors (Lipinski definition) is 0. The summed E-state index contributed by atoms with van der Waals surface area (Å²) in [6.07, 6.45) is 1.37. The predicted molar refractivity (Wildman–Crippen MR) is 58.0 cm³/mol. The Hall–Kier alpha value is -0.0831. The standard InChI is InChI=1S/C10H21NSi/c1-5-12(6-2,10(3)4)9-11-7-8-11/h3,5-9H2,1-2,4H3. The maximum atomic E-state index is 4.19. The molecule has 0 aromatic heterocycles. The Morgan fingerprint density at radius 2 is 1.83 bits per heavy atom. The number of allylic oxidation sites excluding steroid dienone is 1. The van der Waals surface area contributed by atoms with Crippen LogP contribution in [0.1, 0.15) is 20.8 Å². The Kier molecular flexibility index (Phi) is 3.13. The van der Waals surface area contributed by atoms with Crippen molar-refractivity contribution in [2.24, 2.45) is 0 Å². The van der Waals surface area contributed by atoms with Crippen molar-refractivity contribution in [1.29, 1.82) is 0 Å². The predicted octanol–water partition coefficient (Wildman–Crippen LogP) is 2.45. The van der Waals surface area contributed by atoms with Gasteiger partial charge in [0.25, 0.3) is 0 Å². The van der Waals surface area contributed by atoms with E-state index in [1.807, 2.05) is 0 Å². The lowest BCUT2D eigenvalue weighted by molar-refractivity contribution is 0.644. The summed E-state index contributed by atoms with van der Waals surface area (Å²) in [5.41, 5.74) is 0. The highest BCUT2D eigenvalue weighted by Gasteiger charge is 2.35. The summed E-state index contributed by atoms with van der Waals surface area (Å²) in [5, 5.41) is 1.50. The highest BCUT2D eigenvalue weighted by atomic mass is 28.3. The van der Waals surface area contributed by atoms with Gasteiger partial charge < -0.3 is 4.90 Å². The van der Waals surface area contributed by atoms with Crippen LogP contribution in [0.3, 0.4) is 0 Å². The van der Waals surface area contributed by atoms with Crippen LogP contribution >= 0.6 is 0 Å². The van der Waals surface area contributed by atoms with E-state index in [0.717, 1.165) is 0 Å². The van der Waals surface area contributed by atoms with E-state index >= 15 is 0 Å². The highest BCUT2D eigenvalue weighted by Crippen LogP contribution is 2.26. The van der Waals surface area contributed by atoms with Gasteiger partial charge in [0, 0.05) is 13.1 Å². The monoisotopic (exact) mass is 183 g/mol.